The molecule has 4 nitrogen and oxygen atoms in total. The van der Waals surface area contributed by atoms with Crippen LogP contribution < -0.4 is 5.32 Å². The van der Waals surface area contributed by atoms with E-state index in [0.29, 0.717) is 22.7 Å². The number of anilines is 1. The Morgan fingerprint density at radius 2 is 1.78 bits per heavy atom. The molecule has 4 rings (SSSR count). The van der Waals surface area contributed by atoms with Gasteiger partial charge in [0.05, 0.1) is 0 Å². The molecule has 1 N–H and O–H groups in total. The van der Waals surface area contributed by atoms with Crippen LogP contribution in [0.3, 0.4) is 0 Å². The summed E-state index contributed by atoms with van der Waals surface area (Å²) in [6.07, 6.45) is 1.73. The van der Waals surface area contributed by atoms with E-state index in [0.717, 1.165) is 11.1 Å². The van der Waals surface area contributed by atoms with Crippen molar-refractivity contribution in [2.75, 3.05) is 5.32 Å². The molecule has 0 aromatic heterocycles. The van der Waals surface area contributed by atoms with Gasteiger partial charge in [-0.15, -0.1) is 0 Å². The molecule has 2 aromatic carbocycles. The van der Waals surface area contributed by atoms with Gasteiger partial charge in [-0.25, -0.2) is 4.79 Å². The van der Waals surface area contributed by atoms with Gasteiger partial charge in [0.25, 0.3) is 5.91 Å². The number of hydrogen-bond acceptors (Lipinski definition) is 3. The van der Waals surface area contributed by atoms with E-state index in [4.69, 9.17) is 16.3 Å². The minimum absolute atomic E-state index is 0.295. The number of esters is 1. The fourth-order valence-corrected chi connectivity index (χ4v) is 3.24. The second-order valence-electron chi connectivity index (χ2n) is 5.60. The summed E-state index contributed by atoms with van der Waals surface area (Å²) >= 11 is 5.91. The van der Waals surface area contributed by atoms with Crippen LogP contribution >= 0.6 is 11.6 Å². The molecular formula is C18H12ClNO3. The molecule has 5 heteroatoms. The number of benzene rings is 2. The predicted molar refractivity (Wildman–Crippen MR) is 86.9 cm³/mol. The van der Waals surface area contributed by atoms with E-state index in [1.165, 1.54) is 6.08 Å². The highest BCUT2D eigenvalue weighted by atomic mass is 35.5. The zero-order valence-corrected chi connectivity index (χ0v) is 12.8. The molecule has 2 aromatic rings. The molecule has 0 bridgehead atoms. The number of carbonyl (C=O) groups is 2. The van der Waals surface area contributed by atoms with Gasteiger partial charge in [-0.05, 0) is 29.3 Å². The summed E-state index contributed by atoms with van der Waals surface area (Å²) in [6, 6.07) is 14.5. The Balaban J connectivity index is 1.81. The summed E-state index contributed by atoms with van der Waals surface area (Å²) in [5.41, 5.74) is 1.69. The topological polar surface area (TPSA) is 55.4 Å². The van der Waals surface area contributed by atoms with Crippen molar-refractivity contribution in [3.05, 3.63) is 70.8 Å². The van der Waals surface area contributed by atoms with Crippen molar-refractivity contribution in [3.63, 3.8) is 0 Å². The molecular weight excluding hydrogens is 314 g/mol. The van der Waals surface area contributed by atoms with Crippen molar-refractivity contribution < 1.29 is 14.3 Å². The lowest BCUT2D eigenvalue weighted by Gasteiger charge is -2.31. The number of fused-ring (bicyclic) bond motifs is 2. The molecule has 1 spiro atoms. The number of nitrogens with one attached hydrogen (secondary N) is 1. The molecule has 0 fully saturated rings. The van der Waals surface area contributed by atoms with Gasteiger partial charge in [0, 0.05) is 28.8 Å². The van der Waals surface area contributed by atoms with Crippen LogP contribution in [-0.2, 0) is 19.9 Å². The highest BCUT2D eigenvalue weighted by molar-refractivity contribution is 6.30. The smallest absolute Gasteiger partial charge is 0.332 e. The van der Waals surface area contributed by atoms with Gasteiger partial charge in [-0.2, -0.15) is 0 Å². The van der Waals surface area contributed by atoms with E-state index < -0.39 is 11.6 Å². The van der Waals surface area contributed by atoms with E-state index in [2.05, 4.69) is 5.32 Å². The first-order valence-electron chi connectivity index (χ1n) is 7.19. The Morgan fingerprint density at radius 1 is 1.04 bits per heavy atom. The fourth-order valence-electron chi connectivity index (χ4n) is 3.11. The van der Waals surface area contributed by atoms with Crippen LogP contribution in [0, 0.1) is 0 Å². The maximum Gasteiger partial charge on any atom is 0.332 e. The van der Waals surface area contributed by atoms with E-state index in [1.807, 2.05) is 30.3 Å². The number of rotatable bonds is 1. The molecule has 0 aliphatic carbocycles. The lowest BCUT2D eigenvalue weighted by atomic mass is 9.84. The Morgan fingerprint density at radius 3 is 2.57 bits per heavy atom. The van der Waals surface area contributed by atoms with Crippen molar-refractivity contribution in [2.45, 2.75) is 12.0 Å². The molecule has 23 heavy (non-hydrogen) atoms. The molecule has 1 amide bonds. The predicted octanol–water partition coefficient (Wildman–Crippen LogP) is 3.52. The normalized spacial score (nSPS) is 22.4. The van der Waals surface area contributed by atoms with Crippen LogP contribution in [0.1, 0.15) is 17.5 Å². The van der Waals surface area contributed by atoms with Crippen LogP contribution in [0.2, 0.25) is 5.02 Å². The first kappa shape index (κ1) is 14.0. The molecule has 114 valence electrons. The van der Waals surface area contributed by atoms with Crippen molar-refractivity contribution >= 4 is 34.7 Å². The van der Waals surface area contributed by atoms with Crippen molar-refractivity contribution in [3.8, 4) is 0 Å². The molecule has 0 saturated heterocycles. The highest BCUT2D eigenvalue weighted by Gasteiger charge is 2.52. The quantitative estimate of drug-likeness (QED) is 0.816. The van der Waals surface area contributed by atoms with Crippen LogP contribution in [0.25, 0.3) is 5.57 Å². The third kappa shape index (κ3) is 2.14. The van der Waals surface area contributed by atoms with Gasteiger partial charge >= 0.3 is 5.97 Å². The largest absolute Gasteiger partial charge is 0.440 e. The number of para-hydroxylation sites is 1. The van der Waals surface area contributed by atoms with Gasteiger partial charge in [0.1, 0.15) is 0 Å². The Labute approximate surface area is 137 Å². The molecule has 0 saturated carbocycles. The van der Waals surface area contributed by atoms with E-state index in [9.17, 15) is 9.59 Å². The Bertz CT molecular complexity index is 857. The number of ether oxygens (including phenoxy) is 1. The van der Waals surface area contributed by atoms with Gasteiger partial charge in [0.2, 0.25) is 5.60 Å². The third-order valence-electron chi connectivity index (χ3n) is 4.20. The fraction of sp³-hybridized carbons (Fsp3) is 0.111. The summed E-state index contributed by atoms with van der Waals surface area (Å²) in [7, 11) is 0. The van der Waals surface area contributed by atoms with Crippen molar-refractivity contribution in [2.24, 2.45) is 0 Å². The van der Waals surface area contributed by atoms with Gasteiger partial charge in [0.15, 0.2) is 0 Å². The number of hydrogen-bond donors (Lipinski definition) is 1. The van der Waals surface area contributed by atoms with Crippen LogP contribution in [-0.4, -0.2) is 11.9 Å². The van der Waals surface area contributed by atoms with Crippen molar-refractivity contribution in [1.82, 2.24) is 0 Å². The van der Waals surface area contributed by atoms with E-state index in [-0.39, 0.29) is 5.91 Å². The van der Waals surface area contributed by atoms with E-state index in [1.54, 1.807) is 18.2 Å². The number of halogens is 1. The maximum atomic E-state index is 12.5. The molecule has 0 radical (unpaired) electrons. The first-order valence-corrected chi connectivity index (χ1v) is 7.57. The Hall–Kier alpha value is -2.59. The minimum Gasteiger partial charge on any atom is -0.440 e. The number of amides is 1. The summed E-state index contributed by atoms with van der Waals surface area (Å²) in [4.78, 5) is 24.7. The first-order chi connectivity index (χ1) is 11.1. The summed E-state index contributed by atoms with van der Waals surface area (Å²) in [5.74, 6) is -0.834. The average molecular weight is 326 g/mol. The molecule has 1 unspecified atom stereocenters. The summed E-state index contributed by atoms with van der Waals surface area (Å²) < 4.78 is 5.50. The van der Waals surface area contributed by atoms with E-state index >= 15 is 0 Å². The lowest BCUT2D eigenvalue weighted by Crippen LogP contribution is -2.41. The van der Waals surface area contributed by atoms with Crippen LogP contribution in [0.4, 0.5) is 5.69 Å². The van der Waals surface area contributed by atoms with Gasteiger partial charge in [-0.1, -0.05) is 41.9 Å². The molecule has 2 heterocycles. The average Bonchev–Trinajstić information content (AvgIpc) is 2.80. The van der Waals surface area contributed by atoms with Crippen LogP contribution in [0.15, 0.2) is 54.6 Å². The minimum atomic E-state index is -1.29. The maximum absolute atomic E-state index is 12.5. The van der Waals surface area contributed by atoms with Gasteiger partial charge in [-0.3, -0.25) is 4.79 Å². The molecule has 2 aliphatic heterocycles. The van der Waals surface area contributed by atoms with Gasteiger partial charge < -0.3 is 10.1 Å². The second-order valence-corrected chi connectivity index (χ2v) is 6.04. The summed E-state index contributed by atoms with van der Waals surface area (Å²) in [6.45, 7) is 0. The zero-order chi connectivity index (χ0) is 16.0. The van der Waals surface area contributed by atoms with Crippen LogP contribution in [0.5, 0.6) is 0 Å². The van der Waals surface area contributed by atoms with Crippen molar-refractivity contribution in [1.29, 1.82) is 0 Å². The lowest BCUT2D eigenvalue weighted by molar-refractivity contribution is -0.163. The third-order valence-corrected chi connectivity index (χ3v) is 4.45. The highest BCUT2D eigenvalue weighted by Crippen LogP contribution is 2.46. The zero-order valence-electron chi connectivity index (χ0n) is 12.0. The summed E-state index contributed by atoms with van der Waals surface area (Å²) in [5, 5.41) is 3.41. The second kappa shape index (κ2) is 4.96. The molecule has 2 aliphatic rings. The monoisotopic (exact) mass is 325 g/mol. The number of carbonyl (C=O) groups excluding carboxylic acids is 2. The standard InChI is InChI=1S/C18H12ClNO3/c19-13-7-5-11(6-8-13)12-9-16(21)23-18(10-12)14-3-1-2-4-15(14)20-17(18)22/h1-9H,10H2,(H,20,22). The SMILES string of the molecule is O=C1C=C(c2ccc(Cl)cc2)CC2(O1)C(=O)Nc1ccccc12. The molecule has 1 atom stereocenters. The Kier molecular flexibility index (Phi) is 3.03.